The Morgan fingerprint density at radius 1 is 0.854 bits per heavy atom. The number of hydrogen-bond donors (Lipinski definition) is 1. The number of ether oxygens (including phenoxy) is 1. The molecule has 48 heavy (non-hydrogen) atoms. The molecule has 8 nitrogen and oxygen atoms in total. The molecule has 1 aliphatic carbocycles. The Morgan fingerprint density at radius 2 is 1.48 bits per heavy atom. The Balaban J connectivity index is 1.59. The Morgan fingerprint density at radius 3 is 2.08 bits per heavy atom. The second kappa shape index (κ2) is 16.1. The predicted octanol–water partition coefficient (Wildman–Crippen LogP) is 7.55. The van der Waals surface area contributed by atoms with E-state index in [0.717, 1.165) is 35.6 Å². The third-order valence-electron chi connectivity index (χ3n) is 8.40. The summed E-state index contributed by atoms with van der Waals surface area (Å²) in [6, 6.07) is 25.4. The van der Waals surface area contributed by atoms with Crippen molar-refractivity contribution < 1.29 is 22.7 Å². The van der Waals surface area contributed by atoms with Gasteiger partial charge in [0.05, 0.1) is 17.7 Å². The number of carbonyl (C=O) groups is 2. The van der Waals surface area contributed by atoms with Crippen molar-refractivity contribution in [3.05, 3.63) is 123 Å². The molecule has 0 saturated heterocycles. The van der Waals surface area contributed by atoms with Crippen LogP contribution in [0.3, 0.4) is 0 Å². The van der Waals surface area contributed by atoms with E-state index in [1.165, 1.54) is 48.4 Å². The summed E-state index contributed by atoms with van der Waals surface area (Å²) in [6.07, 6.45) is 3.88. The van der Waals surface area contributed by atoms with Crippen LogP contribution in [0.4, 0.5) is 5.69 Å². The number of methoxy groups -OCH3 is 1. The van der Waals surface area contributed by atoms with Gasteiger partial charge < -0.3 is 15.0 Å². The average Bonchev–Trinajstić information content (AvgIpc) is 3.60. The highest BCUT2D eigenvalue weighted by Crippen LogP contribution is 2.30. The molecule has 1 fully saturated rings. The maximum Gasteiger partial charge on any atom is 0.264 e. The van der Waals surface area contributed by atoms with Gasteiger partial charge in [0, 0.05) is 39.6 Å². The third kappa shape index (κ3) is 8.63. The first-order valence-electron chi connectivity index (χ1n) is 15.6. The molecule has 0 spiro atoms. The molecule has 1 N–H and O–H groups in total. The highest BCUT2D eigenvalue weighted by atomic mass is 35.5. The van der Waals surface area contributed by atoms with Crippen molar-refractivity contribution in [2.45, 2.75) is 55.6 Å². The molecule has 0 unspecified atom stereocenters. The van der Waals surface area contributed by atoms with Crippen molar-refractivity contribution >= 4 is 62.3 Å². The lowest BCUT2D eigenvalue weighted by molar-refractivity contribution is -0.140. The van der Waals surface area contributed by atoms with Crippen molar-refractivity contribution in [2.75, 3.05) is 18.0 Å². The SMILES string of the molecule is COc1ccc(S(=O)(=O)N(CC(=O)N(Cc2c(Cl)cccc2Cl)[C@@H](Cc2ccccc2)C(=O)NC2CCCC2)c2ccc(Cl)cc2)cc1. The highest BCUT2D eigenvalue weighted by molar-refractivity contribution is 7.92. The normalized spacial score (nSPS) is 13.9. The van der Waals surface area contributed by atoms with Crippen LogP contribution in [0, 0.1) is 0 Å². The summed E-state index contributed by atoms with van der Waals surface area (Å²) in [5.41, 5.74) is 1.49. The predicted molar refractivity (Wildman–Crippen MR) is 190 cm³/mol. The molecule has 0 aliphatic heterocycles. The summed E-state index contributed by atoms with van der Waals surface area (Å²) in [5.74, 6) is -0.484. The zero-order valence-electron chi connectivity index (χ0n) is 26.3. The van der Waals surface area contributed by atoms with Crippen LogP contribution in [-0.4, -0.2) is 50.9 Å². The lowest BCUT2D eigenvalue weighted by Crippen LogP contribution is -2.54. The summed E-state index contributed by atoms with van der Waals surface area (Å²) >= 11 is 19.4. The van der Waals surface area contributed by atoms with Crippen molar-refractivity contribution in [2.24, 2.45) is 0 Å². The van der Waals surface area contributed by atoms with Crippen LogP contribution in [-0.2, 0) is 32.6 Å². The van der Waals surface area contributed by atoms with Crippen molar-refractivity contribution in [3.63, 3.8) is 0 Å². The number of anilines is 1. The summed E-state index contributed by atoms with van der Waals surface area (Å²) in [4.78, 5) is 30.2. The Labute approximate surface area is 296 Å². The summed E-state index contributed by atoms with van der Waals surface area (Å²) in [7, 11) is -2.82. The van der Waals surface area contributed by atoms with Crippen molar-refractivity contribution in [1.82, 2.24) is 10.2 Å². The van der Waals surface area contributed by atoms with Gasteiger partial charge in [-0.25, -0.2) is 8.42 Å². The van der Waals surface area contributed by atoms with Crippen LogP contribution in [0.15, 0.2) is 102 Å². The van der Waals surface area contributed by atoms with Gasteiger partial charge in [-0.1, -0.05) is 84.0 Å². The second-order valence-corrected chi connectivity index (χ2v) is 14.7. The largest absolute Gasteiger partial charge is 0.497 e. The summed E-state index contributed by atoms with van der Waals surface area (Å²) in [6.45, 7) is -0.760. The molecule has 1 aliphatic rings. The van der Waals surface area contributed by atoms with Gasteiger partial charge >= 0.3 is 0 Å². The van der Waals surface area contributed by atoms with E-state index >= 15 is 0 Å². The molecule has 252 valence electrons. The first-order chi connectivity index (χ1) is 23.1. The van der Waals surface area contributed by atoms with E-state index < -0.39 is 28.5 Å². The molecule has 1 atom stereocenters. The molecule has 1 saturated carbocycles. The number of halogens is 3. The number of hydrogen-bond acceptors (Lipinski definition) is 5. The van der Waals surface area contributed by atoms with E-state index in [9.17, 15) is 18.0 Å². The van der Waals surface area contributed by atoms with Crippen LogP contribution >= 0.6 is 34.8 Å². The number of amides is 2. The molecule has 0 bridgehead atoms. The minimum Gasteiger partial charge on any atom is -0.497 e. The monoisotopic (exact) mass is 727 g/mol. The summed E-state index contributed by atoms with van der Waals surface area (Å²) < 4.78 is 34.7. The topological polar surface area (TPSA) is 96.0 Å². The fourth-order valence-corrected chi connectivity index (χ4v) is 7.84. The van der Waals surface area contributed by atoms with Gasteiger partial charge in [-0.3, -0.25) is 13.9 Å². The lowest BCUT2D eigenvalue weighted by atomic mass is 10.0. The van der Waals surface area contributed by atoms with Crippen LogP contribution in [0.2, 0.25) is 15.1 Å². The van der Waals surface area contributed by atoms with Crippen LogP contribution < -0.4 is 14.4 Å². The lowest BCUT2D eigenvalue weighted by Gasteiger charge is -2.34. The van der Waals surface area contributed by atoms with Crippen LogP contribution in [0.1, 0.15) is 36.8 Å². The number of sulfonamides is 1. The molecule has 0 heterocycles. The maximum absolute atomic E-state index is 14.7. The number of nitrogens with zero attached hydrogens (tertiary/aromatic N) is 2. The summed E-state index contributed by atoms with van der Waals surface area (Å²) in [5, 5.41) is 4.18. The van der Waals surface area contributed by atoms with E-state index in [0.29, 0.717) is 26.4 Å². The standard InChI is InChI=1S/C36H36Cl3N3O5S/c1-47-29-18-20-30(21-19-29)48(45,46)42(28-16-14-26(37)15-17-28)24-35(43)41(23-31-32(38)12-7-13-33(31)39)34(22-25-8-3-2-4-9-25)36(44)40-27-10-5-6-11-27/h2-4,7-9,12-21,27,34H,5-6,10-11,22-24H2,1H3,(H,40,44)/t34-/m0/s1. The zero-order valence-corrected chi connectivity index (χ0v) is 29.4. The minimum absolute atomic E-state index is 0.0161. The van der Waals surface area contributed by atoms with Gasteiger partial charge in [0.1, 0.15) is 18.3 Å². The second-order valence-electron chi connectivity index (χ2n) is 11.6. The van der Waals surface area contributed by atoms with Gasteiger partial charge in [0.25, 0.3) is 10.0 Å². The number of rotatable bonds is 13. The molecule has 0 radical (unpaired) electrons. The van der Waals surface area contributed by atoms with Gasteiger partial charge in [-0.05, 0) is 79.1 Å². The van der Waals surface area contributed by atoms with Gasteiger partial charge in [-0.15, -0.1) is 0 Å². The van der Waals surface area contributed by atoms with Crippen molar-refractivity contribution in [3.8, 4) is 5.75 Å². The Hall–Kier alpha value is -3.76. The molecular formula is C36H36Cl3N3O5S. The molecule has 12 heteroatoms. The maximum atomic E-state index is 14.7. The molecular weight excluding hydrogens is 693 g/mol. The van der Waals surface area contributed by atoms with Crippen LogP contribution in [0.5, 0.6) is 5.75 Å². The fourth-order valence-electron chi connectivity index (χ4n) is 5.79. The van der Waals surface area contributed by atoms with E-state index in [1.54, 1.807) is 30.3 Å². The minimum atomic E-state index is -4.30. The zero-order chi connectivity index (χ0) is 34.3. The van der Waals surface area contributed by atoms with E-state index in [-0.39, 0.29) is 35.5 Å². The first-order valence-corrected chi connectivity index (χ1v) is 18.1. The molecule has 2 amide bonds. The third-order valence-corrected chi connectivity index (χ3v) is 11.2. The smallest absolute Gasteiger partial charge is 0.264 e. The molecule has 0 aromatic heterocycles. The Kier molecular flexibility index (Phi) is 11.9. The Bertz CT molecular complexity index is 1800. The fraction of sp³-hybridized carbons (Fsp3) is 0.278. The van der Waals surface area contributed by atoms with Gasteiger partial charge in [-0.2, -0.15) is 0 Å². The van der Waals surface area contributed by atoms with Crippen LogP contribution in [0.25, 0.3) is 0 Å². The number of benzene rings is 4. The highest BCUT2D eigenvalue weighted by Gasteiger charge is 2.36. The van der Waals surface area contributed by atoms with E-state index in [1.807, 2.05) is 30.3 Å². The number of carbonyl (C=O) groups excluding carboxylic acids is 2. The quantitative estimate of drug-likeness (QED) is 0.154. The average molecular weight is 729 g/mol. The van der Waals surface area contributed by atoms with Gasteiger partial charge in [0.2, 0.25) is 11.8 Å². The molecule has 4 aromatic carbocycles. The van der Waals surface area contributed by atoms with Gasteiger partial charge in [0.15, 0.2) is 0 Å². The van der Waals surface area contributed by atoms with Crippen molar-refractivity contribution in [1.29, 1.82) is 0 Å². The van der Waals surface area contributed by atoms with E-state index in [4.69, 9.17) is 39.5 Å². The molecule has 5 rings (SSSR count). The molecule has 4 aromatic rings. The van der Waals surface area contributed by atoms with E-state index in [2.05, 4.69) is 5.32 Å². The first kappa shape index (κ1) is 35.5. The number of nitrogens with one attached hydrogen (secondary N) is 1.